The van der Waals surface area contributed by atoms with Gasteiger partial charge in [0.25, 0.3) is 0 Å². The van der Waals surface area contributed by atoms with Crippen LogP contribution < -0.4 is 0 Å². The molecule has 14 heavy (non-hydrogen) atoms. The van der Waals surface area contributed by atoms with Crippen molar-refractivity contribution in [2.45, 2.75) is 25.7 Å². The summed E-state index contributed by atoms with van der Waals surface area (Å²) in [5.74, 6) is 0. The Morgan fingerprint density at radius 3 is 1.71 bits per heavy atom. The molecule has 1 aliphatic rings. The quantitative estimate of drug-likeness (QED) is 0.528. The Morgan fingerprint density at radius 2 is 1.00 bits per heavy atom. The van der Waals surface area contributed by atoms with Gasteiger partial charge in [0, 0.05) is 0 Å². The summed E-state index contributed by atoms with van der Waals surface area (Å²) in [6.07, 6.45) is 26.0. The van der Waals surface area contributed by atoms with Gasteiger partial charge in [-0.15, -0.1) is 0 Å². The lowest BCUT2D eigenvalue weighted by molar-refractivity contribution is 0.868. The van der Waals surface area contributed by atoms with Crippen LogP contribution in [-0.4, -0.2) is 0 Å². The molecule has 0 aromatic carbocycles. The van der Waals surface area contributed by atoms with Gasteiger partial charge in [-0.1, -0.05) is 60.8 Å². The molecule has 0 unspecified atom stereocenters. The van der Waals surface area contributed by atoms with Crippen molar-refractivity contribution in [3.63, 3.8) is 0 Å². The van der Waals surface area contributed by atoms with E-state index in [1.54, 1.807) is 0 Å². The zero-order chi connectivity index (χ0) is 9.90. The lowest BCUT2D eigenvalue weighted by Gasteiger charge is -1.89. The number of allylic oxidation sites excluding steroid dienone is 10. The van der Waals surface area contributed by atoms with Crippen LogP contribution in [-0.2, 0) is 0 Å². The smallest absolute Gasteiger partial charge is 0.0163 e. The van der Waals surface area contributed by atoms with Crippen LogP contribution in [0.3, 0.4) is 0 Å². The van der Waals surface area contributed by atoms with Crippen molar-refractivity contribution in [1.82, 2.24) is 0 Å². The normalized spacial score (nSPS) is 25.1. The lowest BCUT2D eigenvalue weighted by atomic mass is 10.2. The molecule has 0 bridgehead atoms. The fourth-order valence-corrected chi connectivity index (χ4v) is 1.22. The van der Waals surface area contributed by atoms with Crippen LogP contribution in [0.25, 0.3) is 0 Å². The molecule has 1 rings (SSSR count). The van der Waals surface area contributed by atoms with E-state index in [1.165, 1.54) is 19.3 Å². The highest BCUT2D eigenvalue weighted by Gasteiger charge is 1.79. The molecule has 0 aliphatic heterocycles. The molecule has 1 aliphatic carbocycles. The van der Waals surface area contributed by atoms with Crippen LogP contribution in [0.2, 0.25) is 0 Å². The first-order chi connectivity index (χ1) is 7.00. The second-order valence-corrected chi connectivity index (χ2v) is 3.26. The third-order valence-corrected chi connectivity index (χ3v) is 2.00. The monoisotopic (exact) mass is 186 g/mol. The van der Waals surface area contributed by atoms with E-state index in [0.717, 1.165) is 6.42 Å². The molecular weight excluding hydrogens is 168 g/mol. The van der Waals surface area contributed by atoms with Crippen LogP contribution in [0.4, 0.5) is 0 Å². The van der Waals surface area contributed by atoms with Crippen LogP contribution in [0.5, 0.6) is 0 Å². The first kappa shape index (κ1) is 10.8. The molecule has 0 amide bonds. The summed E-state index contributed by atoms with van der Waals surface area (Å²) in [4.78, 5) is 0. The van der Waals surface area contributed by atoms with Gasteiger partial charge in [-0.2, -0.15) is 0 Å². The third-order valence-electron chi connectivity index (χ3n) is 2.00. The lowest BCUT2D eigenvalue weighted by Crippen LogP contribution is -1.68. The third kappa shape index (κ3) is 6.24. The maximum atomic E-state index is 2.23. The molecule has 0 atom stereocenters. The summed E-state index contributed by atoms with van der Waals surface area (Å²) in [5.41, 5.74) is 0. The molecule has 74 valence electrons. The molecule has 0 spiro atoms. The van der Waals surface area contributed by atoms with Crippen molar-refractivity contribution in [1.29, 1.82) is 0 Å². The summed E-state index contributed by atoms with van der Waals surface area (Å²) in [6.45, 7) is 0. The first-order valence-electron chi connectivity index (χ1n) is 5.30. The molecule has 0 aromatic rings. The topological polar surface area (TPSA) is 0 Å². The van der Waals surface area contributed by atoms with Crippen molar-refractivity contribution in [2.75, 3.05) is 0 Å². The summed E-state index contributed by atoms with van der Waals surface area (Å²) in [6, 6.07) is 0. The zero-order valence-electron chi connectivity index (χ0n) is 8.60. The molecule has 0 heteroatoms. The highest BCUT2D eigenvalue weighted by molar-refractivity contribution is 5.13. The number of hydrogen-bond acceptors (Lipinski definition) is 0. The fourth-order valence-electron chi connectivity index (χ4n) is 1.22. The molecule has 0 nitrogen and oxygen atoms in total. The minimum absolute atomic E-state index is 1.01. The van der Waals surface area contributed by atoms with Crippen molar-refractivity contribution < 1.29 is 0 Å². The van der Waals surface area contributed by atoms with Crippen LogP contribution in [0.1, 0.15) is 25.7 Å². The van der Waals surface area contributed by atoms with Crippen LogP contribution in [0.15, 0.2) is 60.8 Å². The van der Waals surface area contributed by atoms with E-state index in [1.807, 2.05) is 0 Å². The maximum Gasteiger partial charge on any atom is -0.0163 e. The van der Waals surface area contributed by atoms with Crippen LogP contribution >= 0.6 is 0 Å². The highest BCUT2D eigenvalue weighted by atomic mass is 13.9. The largest absolute Gasteiger partial charge is 0.0845 e. The van der Waals surface area contributed by atoms with Crippen LogP contribution in [0, 0.1) is 0 Å². The maximum absolute atomic E-state index is 2.23. The van der Waals surface area contributed by atoms with E-state index in [9.17, 15) is 0 Å². The summed E-state index contributed by atoms with van der Waals surface area (Å²) in [7, 11) is 0. The summed E-state index contributed by atoms with van der Waals surface area (Å²) >= 11 is 0. The van der Waals surface area contributed by atoms with Gasteiger partial charge in [-0.05, 0) is 25.7 Å². The molecule has 0 N–H and O–H groups in total. The van der Waals surface area contributed by atoms with E-state index in [-0.39, 0.29) is 0 Å². The van der Waals surface area contributed by atoms with E-state index in [2.05, 4.69) is 60.8 Å². The molecular formula is C14H18. The Kier molecular flexibility index (Phi) is 6.39. The predicted octanol–water partition coefficient (Wildman–Crippen LogP) is 4.34. The Balaban J connectivity index is 2.45. The van der Waals surface area contributed by atoms with Gasteiger partial charge >= 0.3 is 0 Å². The molecule has 0 heterocycles. The highest BCUT2D eigenvalue weighted by Crippen LogP contribution is 1.99. The second kappa shape index (κ2) is 8.31. The van der Waals surface area contributed by atoms with Gasteiger partial charge in [0.15, 0.2) is 0 Å². The summed E-state index contributed by atoms with van der Waals surface area (Å²) < 4.78 is 0. The zero-order valence-corrected chi connectivity index (χ0v) is 8.60. The van der Waals surface area contributed by atoms with E-state index >= 15 is 0 Å². The second-order valence-electron chi connectivity index (χ2n) is 3.26. The Bertz CT molecular complexity index is 262. The van der Waals surface area contributed by atoms with Gasteiger partial charge in [0.1, 0.15) is 0 Å². The Hall–Kier alpha value is -1.30. The van der Waals surface area contributed by atoms with Crippen molar-refractivity contribution in [3.05, 3.63) is 60.8 Å². The number of rotatable bonds is 0. The van der Waals surface area contributed by atoms with Crippen molar-refractivity contribution >= 4 is 0 Å². The average Bonchev–Trinajstić information content (AvgIpc) is 2.22. The summed E-state index contributed by atoms with van der Waals surface area (Å²) in [5, 5.41) is 0. The van der Waals surface area contributed by atoms with Gasteiger partial charge in [0.2, 0.25) is 0 Å². The minimum atomic E-state index is 1.01. The molecule has 0 fully saturated rings. The van der Waals surface area contributed by atoms with E-state index in [4.69, 9.17) is 0 Å². The molecule has 0 saturated carbocycles. The predicted molar refractivity (Wildman–Crippen MR) is 64.2 cm³/mol. The van der Waals surface area contributed by atoms with Gasteiger partial charge < -0.3 is 0 Å². The minimum Gasteiger partial charge on any atom is -0.0845 e. The first-order valence-corrected chi connectivity index (χ1v) is 5.30. The Morgan fingerprint density at radius 1 is 0.500 bits per heavy atom. The van der Waals surface area contributed by atoms with Crippen molar-refractivity contribution in [2.24, 2.45) is 0 Å². The SMILES string of the molecule is C1=C/C=C/CCC/C=C\C=C\CC=C1. The number of hydrogen-bond donors (Lipinski definition) is 0. The molecule has 0 radical (unpaired) electrons. The van der Waals surface area contributed by atoms with Gasteiger partial charge in [-0.3, -0.25) is 0 Å². The van der Waals surface area contributed by atoms with Gasteiger partial charge in [-0.25, -0.2) is 0 Å². The standard InChI is InChI=1S/C14H18/c1-2-4-6-8-10-12-14-13-11-9-7-5-3-1/h1-6,9,11,13-14H,7-8,10,12H2/b2-1?,5-3?,6-4+,11-9+,14-13-. The molecule has 0 aromatic heterocycles. The van der Waals surface area contributed by atoms with E-state index in [0.29, 0.717) is 0 Å². The van der Waals surface area contributed by atoms with E-state index < -0.39 is 0 Å². The van der Waals surface area contributed by atoms with Gasteiger partial charge in [0.05, 0.1) is 0 Å². The molecule has 0 saturated heterocycles. The van der Waals surface area contributed by atoms with Crippen molar-refractivity contribution in [3.8, 4) is 0 Å². The fraction of sp³-hybridized carbons (Fsp3) is 0.286. The Labute approximate surface area is 87.0 Å². The average molecular weight is 186 g/mol.